The zero-order valence-corrected chi connectivity index (χ0v) is 12.9. The standard InChI is InChI=1S/C15H23ClN2O/c1-11(19)13-6-5-12(9-14(13)16)18-8-7-17(4)15(2,3)10-18/h5-6,9,11,19H,7-8,10H2,1-4H3. The Labute approximate surface area is 120 Å². The highest BCUT2D eigenvalue weighted by Crippen LogP contribution is 2.30. The van der Waals surface area contributed by atoms with Crippen LogP contribution in [0.1, 0.15) is 32.4 Å². The van der Waals surface area contributed by atoms with Crippen LogP contribution in [-0.2, 0) is 0 Å². The molecule has 19 heavy (non-hydrogen) atoms. The number of hydrogen-bond donors (Lipinski definition) is 1. The van der Waals surface area contributed by atoms with Crippen molar-refractivity contribution in [1.29, 1.82) is 0 Å². The Bertz CT molecular complexity index is 459. The number of hydrogen-bond acceptors (Lipinski definition) is 3. The van der Waals surface area contributed by atoms with Crippen molar-refractivity contribution < 1.29 is 5.11 Å². The third kappa shape index (κ3) is 3.04. The molecule has 1 saturated heterocycles. The summed E-state index contributed by atoms with van der Waals surface area (Å²) in [6.07, 6.45) is -0.523. The molecule has 0 bridgehead atoms. The van der Waals surface area contributed by atoms with E-state index in [1.807, 2.05) is 12.1 Å². The molecule has 1 unspecified atom stereocenters. The summed E-state index contributed by atoms with van der Waals surface area (Å²) in [5.41, 5.74) is 2.09. The number of piperazine rings is 1. The Kier molecular flexibility index (Phi) is 4.09. The average molecular weight is 283 g/mol. The first-order chi connectivity index (χ1) is 8.81. The van der Waals surface area contributed by atoms with Gasteiger partial charge >= 0.3 is 0 Å². The molecule has 2 rings (SSSR count). The number of rotatable bonds is 2. The Morgan fingerprint density at radius 1 is 1.32 bits per heavy atom. The van der Waals surface area contributed by atoms with Crippen LogP contribution in [0.4, 0.5) is 5.69 Å². The summed E-state index contributed by atoms with van der Waals surface area (Å²) in [4.78, 5) is 4.74. The van der Waals surface area contributed by atoms with Crippen LogP contribution < -0.4 is 4.90 Å². The van der Waals surface area contributed by atoms with E-state index >= 15 is 0 Å². The summed E-state index contributed by atoms with van der Waals surface area (Å²) >= 11 is 6.25. The van der Waals surface area contributed by atoms with Crippen molar-refractivity contribution in [2.24, 2.45) is 0 Å². The predicted octanol–water partition coefficient (Wildman–Crippen LogP) is 2.92. The lowest BCUT2D eigenvalue weighted by Gasteiger charge is -2.46. The Morgan fingerprint density at radius 2 is 2.00 bits per heavy atom. The molecule has 1 aromatic carbocycles. The zero-order valence-electron chi connectivity index (χ0n) is 12.2. The second-order valence-corrected chi connectivity index (χ2v) is 6.44. The van der Waals surface area contributed by atoms with Gasteiger partial charge in [0.25, 0.3) is 0 Å². The third-order valence-electron chi connectivity index (χ3n) is 4.12. The molecule has 0 amide bonds. The van der Waals surface area contributed by atoms with Crippen LogP contribution >= 0.6 is 11.6 Å². The molecule has 0 radical (unpaired) electrons. The first kappa shape index (κ1) is 14.6. The molecular formula is C15H23ClN2O. The fraction of sp³-hybridized carbons (Fsp3) is 0.600. The summed E-state index contributed by atoms with van der Waals surface area (Å²) < 4.78 is 0. The van der Waals surface area contributed by atoms with E-state index in [2.05, 4.69) is 36.8 Å². The summed E-state index contributed by atoms with van der Waals surface area (Å²) in [7, 11) is 2.17. The fourth-order valence-electron chi connectivity index (χ4n) is 2.51. The first-order valence-electron chi connectivity index (χ1n) is 6.75. The van der Waals surface area contributed by atoms with Crippen molar-refractivity contribution in [3.05, 3.63) is 28.8 Å². The highest BCUT2D eigenvalue weighted by Gasteiger charge is 2.31. The minimum atomic E-state index is -0.523. The van der Waals surface area contributed by atoms with Crippen LogP contribution in [0.5, 0.6) is 0 Å². The monoisotopic (exact) mass is 282 g/mol. The highest BCUT2D eigenvalue weighted by molar-refractivity contribution is 6.31. The van der Waals surface area contributed by atoms with Gasteiger partial charge < -0.3 is 10.0 Å². The van der Waals surface area contributed by atoms with Crippen molar-refractivity contribution in [3.8, 4) is 0 Å². The van der Waals surface area contributed by atoms with Gasteiger partial charge in [-0.25, -0.2) is 0 Å². The number of benzene rings is 1. The number of aliphatic hydroxyl groups is 1. The van der Waals surface area contributed by atoms with E-state index in [9.17, 15) is 5.11 Å². The number of nitrogens with zero attached hydrogens (tertiary/aromatic N) is 2. The lowest BCUT2D eigenvalue weighted by molar-refractivity contribution is 0.139. The summed E-state index contributed by atoms with van der Waals surface area (Å²) in [6.45, 7) is 9.27. The SMILES string of the molecule is CC(O)c1ccc(N2CCN(C)C(C)(C)C2)cc1Cl. The summed E-state index contributed by atoms with van der Waals surface area (Å²) in [5, 5.41) is 10.3. The quantitative estimate of drug-likeness (QED) is 0.903. The Hall–Kier alpha value is -0.770. The number of anilines is 1. The van der Waals surface area contributed by atoms with Gasteiger partial charge in [-0.3, -0.25) is 4.90 Å². The molecule has 0 aromatic heterocycles. The molecule has 1 heterocycles. The highest BCUT2D eigenvalue weighted by atomic mass is 35.5. The van der Waals surface area contributed by atoms with Crippen LogP contribution in [0.15, 0.2) is 18.2 Å². The van der Waals surface area contributed by atoms with Gasteiger partial charge in [-0.15, -0.1) is 0 Å². The fourth-order valence-corrected chi connectivity index (χ4v) is 2.84. The lowest BCUT2D eigenvalue weighted by atomic mass is 9.99. The molecule has 1 atom stereocenters. The number of halogens is 1. The normalized spacial score (nSPS) is 21.5. The Balaban J connectivity index is 2.21. The molecule has 1 aliphatic rings. The van der Waals surface area contributed by atoms with Crippen molar-refractivity contribution >= 4 is 17.3 Å². The molecule has 106 valence electrons. The molecule has 1 fully saturated rings. The molecule has 4 heteroatoms. The van der Waals surface area contributed by atoms with Crippen LogP contribution in [0, 0.1) is 0 Å². The van der Waals surface area contributed by atoms with Gasteiger partial charge in [-0.05, 0) is 45.5 Å². The van der Waals surface area contributed by atoms with Gasteiger partial charge in [0.05, 0.1) is 6.10 Å². The number of aliphatic hydroxyl groups excluding tert-OH is 1. The van der Waals surface area contributed by atoms with Gasteiger partial charge in [0.15, 0.2) is 0 Å². The van der Waals surface area contributed by atoms with Crippen LogP contribution in [-0.4, -0.2) is 42.2 Å². The maximum absolute atomic E-state index is 9.62. The minimum absolute atomic E-state index is 0.160. The molecule has 1 aromatic rings. The van der Waals surface area contributed by atoms with Gasteiger partial charge in [-0.1, -0.05) is 17.7 Å². The third-order valence-corrected chi connectivity index (χ3v) is 4.44. The predicted molar refractivity (Wildman–Crippen MR) is 81.0 cm³/mol. The smallest absolute Gasteiger partial charge is 0.0776 e. The van der Waals surface area contributed by atoms with Gasteiger partial charge in [-0.2, -0.15) is 0 Å². The van der Waals surface area contributed by atoms with E-state index in [0.29, 0.717) is 5.02 Å². The largest absolute Gasteiger partial charge is 0.389 e. The molecule has 3 nitrogen and oxygen atoms in total. The number of likely N-dealkylation sites (N-methyl/N-ethyl adjacent to an activating group) is 1. The average Bonchev–Trinajstić information content (AvgIpc) is 2.32. The summed E-state index contributed by atoms with van der Waals surface area (Å²) in [6, 6.07) is 5.94. The van der Waals surface area contributed by atoms with Crippen molar-refractivity contribution in [2.75, 3.05) is 31.6 Å². The molecular weight excluding hydrogens is 260 g/mol. The maximum atomic E-state index is 9.62. The van der Waals surface area contributed by atoms with E-state index in [4.69, 9.17) is 11.6 Å². The second-order valence-electron chi connectivity index (χ2n) is 6.04. The van der Waals surface area contributed by atoms with Crippen LogP contribution in [0.3, 0.4) is 0 Å². The molecule has 1 aliphatic heterocycles. The van der Waals surface area contributed by atoms with E-state index in [1.54, 1.807) is 6.92 Å². The topological polar surface area (TPSA) is 26.7 Å². The zero-order chi connectivity index (χ0) is 14.2. The Morgan fingerprint density at radius 3 is 2.53 bits per heavy atom. The van der Waals surface area contributed by atoms with Crippen molar-refractivity contribution in [1.82, 2.24) is 4.90 Å². The molecule has 1 N–H and O–H groups in total. The van der Waals surface area contributed by atoms with Gasteiger partial charge in [0.2, 0.25) is 0 Å². The minimum Gasteiger partial charge on any atom is -0.389 e. The van der Waals surface area contributed by atoms with E-state index in [0.717, 1.165) is 30.9 Å². The lowest BCUT2D eigenvalue weighted by Crippen LogP contribution is -2.57. The van der Waals surface area contributed by atoms with Crippen molar-refractivity contribution in [3.63, 3.8) is 0 Å². The molecule has 0 saturated carbocycles. The van der Waals surface area contributed by atoms with E-state index < -0.39 is 6.10 Å². The van der Waals surface area contributed by atoms with E-state index in [-0.39, 0.29) is 5.54 Å². The van der Waals surface area contributed by atoms with E-state index in [1.165, 1.54) is 0 Å². The molecule has 0 spiro atoms. The van der Waals surface area contributed by atoms with Crippen LogP contribution in [0.25, 0.3) is 0 Å². The maximum Gasteiger partial charge on any atom is 0.0776 e. The first-order valence-corrected chi connectivity index (χ1v) is 7.13. The summed E-state index contributed by atoms with van der Waals surface area (Å²) in [5.74, 6) is 0. The van der Waals surface area contributed by atoms with Crippen molar-refractivity contribution in [2.45, 2.75) is 32.4 Å². The van der Waals surface area contributed by atoms with Gasteiger partial charge in [0, 0.05) is 35.9 Å². The second kappa shape index (κ2) is 5.31. The van der Waals surface area contributed by atoms with Crippen LogP contribution in [0.2, 0.25) is 5.02 Å². The molecule has 0 aliphatic carbocycles. The van der Waals surface area contributed by atoms with Gasteiger partial charge in [0.1, 0.15) is 0 Å².